The highest BCUT2D eigenvalue weighted by Gasteiger charge is 2.24. The molecule has 1 saturated heterocycles. The molecule has 1 aliphatic heterocycles. The van der Waals surface area contributed by atoms with Gasteiger partial charge in [-0.3, -0.25) is 4.79 Å². The molecule has 4 nitrogen and oxygen atoms in total. The van der Waals surface area contributed by atoms with Gasteiger partial charge in [-0.2, -0.15) is 0 Å². The summed E-state index contributed by atoms with van der Waals surface area (Å²) in [7, 11) is 3.65. The lowest BCUT2D eigenvalue weighted by atomic mass is 9.95. The lowest BCUT2D eigenvalue weighted by molar-refractivity contribution is 0.0693. The molecule has 2 aromatic rings. The van der Waals surface area contributed by atoms with Crippen LogP contribution < -0.4 is 10.1 Å². The highest BCUT2D eigenvalue weighted by Crippen LogP contribution is 2.29. The summed E-state index contributed by atoms with van der Waals surface area (Å²) in [6.07, 6.45) is 2.14. The minimum atomic E-state index is 0.131. The Labute approximate surface area is 137 Å². The second-order valence-electron chi connectivity index (χ2n) is 6.15. The SMILES string of the molecule is CNCC1CCN(C(=O)c2ccc(OC)c3ccccc23)CC1. The number of methoxy groups -OCH3 is 1. The first-order valence-corrected chi connectivity index (χ1v) is 8.24. The molecule has 0 spiro atoms. The Morgan fingerprint density at radius 3 is 2.52 bits per heavy atom. The van der Waals surface area contributed by atoms with Crippen molar-refractivity contribution in [3.05, 3.63) is 42.0 Å². The molecule has 4 heteroatoms. The maximum Gasteiger partial charge on any atom is 0.254 e. The molecule has 0 radical (unpaired) electrons. The second-order valence-corrected chi connectivity index (χ2v) is 6.15. The van der Waals surface area contributed by atoms with Gasteiger partial charge >= 0.3 is 0 Å². The molecule has 0 aliphatic carbocycles. The topological polar surface area (TPSA) is 41.6 Å². The van der Waals surface area contributed by atoms with Crippen LogP contribution in [0.2, 0.25) is 0 Å². The fraction of sp³-hybridized carbons (Fsp3) is 0.421. The summed E-state index contributed by atoms with van der Waals surface area (Å²) in [4.78, 5) is 14.9. The largest absolute Gasteiger partial charge is 0.496 e. The predicted octanol–water partition coefficient (Wildman–Crippen LogP) is 2.92. The molecule has 2 aromatic carbocycles. The molecule has 1 heterocycles. The lowest BCUT2D eigenvalue weighted by Crippen LogP contribution is -2.40. The van der Waals surface area contributed by atoms with E-state index in [9.17, 15) is 4.79 Å². The number of benzene rings is 2. The van der Waals surface area contributed by atoms with E-state index in [1.807, 2.05) is 48.3 Å². The molecule has 1 aliphatic rings. The zero-order valence-electron chi connectivity index (χ0n) is 13.8. The zero-order chi connectivity index (χ0) is 16.2. The number of carbonyl (C=O) groups is 1. The van der Waals surface area contributed by atoms with Gasteiger partial charge in [-0.1, -0.05) is 24.3 Å². The number of likely N-dealkylation sites (tertiary alicyclic amines) is 1. The van der Waals surface area contributed by atoms with Crippen LogP contribution in [-0.2, 0) is 0 Å². The third kappa shape index (κ3) is 3.17. The van der Waals surface area contributed by atoms with Crippen molar-refractivity contribution in [2.45, 2.75) is 12.8 Å². The van der Waals surface area contributed by atoms with Crippen LogP contribution in [0.25, 0.3) is 10.8 Å². The van der Waals surface area contributed by atoms with Crippen molar-refractivity contribution in [2.75, 3.05) is 33.8 Å². The molecule has 1 amide bonds. The van der Waals surface area contributed by atoms with E-state index < -0.39 is 0 Å². The summed E-state index contributed by atoms with van der Waals surface area (Å²) in [5, 5.41) is 5.19. The van der Waals surface area contributed by atoms with Crippen LogP contribution in [0.15, 0.2) is 36.4 Å². The molecule has 0 bridgehead atoms. The third-order valence-electron chi connectivity index (χ3n) is 4.73. The summed E-state index contributed by atoms with van der Waals surface area (Å²) in [6.45, 7) is 2.71. The van der Waals surface area contributed by atoms with Crippen LogP contribution in [-0.4, -0.2) is 44.6 Å². The van der Waals surface area contributed by atoms with Crippen LogP contribution in [0.3, 0.4) is 0 Å². The number of fused-ring (bicyclic) bond motifs is 1. The molecule has 1 fully saturated rings. The van der Waals surface area contributed by atoms with Crippen molar-refractivity contribution in [1.82, 2.24) is 10.2 Å². The Morgan fingerprint density at radius 1 is 1.17 bits per heavy atom. The van der Waals surface area contributed by atoms with Crippen molar-refractivity contribution in [1.29, 1.82) is 0 Å². The van der Waals surface area contributed by atoms with Gasteiger partial charge in [0, 0.05) is 24.0 Å². The van der Waals surface area contributed by atoms with Crippen molar-refractivity contribution in [3.8, 4) is 5.75 Å². The van der Waals surface area contributed by atoms with Gasteiger partial charge in [0.15, 0.2) is 0 Å². The molecule has 0 unspecified atom stereocenters. The van der Waals surface area contributed by atoms with Crippen molar-refractivity contribution in [2.24, 2.45) is 5.92 Å². The van der Waals surface area contributed by atoms with Crippen LogP contribution in [0, 0.1) is 5.92 Å². The minimum Gasteiger partial charge on any atom is -0.496 e. The minimum absolute atomic E-state index is 0.131. The number of nitrogens with one attached hydrogen (secondary N) is 1. The van der Waals surface area contributed by atoms with E-state index >= 15 is 0 Å². The predicted molar refractivity (Wildman–Crippen MR) is 93.1 cm³/mol. The Hall–Kier alpha value is -2.07. The number of hydrogen-bond donors (Lipinski definition) is 1. The Kier molecular flexibility index (Phi) is 4.82. The summed E-state index contributed by atoms with van der Waals surface area (Å²) < 4.78 is 5.42. The van der Waals surface area contributed by atoms with Gasteiger partial charge in [-0.25, -0.2) is 0 Å². The summed E-state index contributed by atoms with van der Waals surface area (Å²) in [5.41, 5.74) is 0.772. The molecule has 3 rings (SSSR count). The van der Waals surface area contributed by atoms with Crippen molar-refractivity contribution < 1.29 is 9.53 Å². The maximum atomic E-state index is 12.9. The smallest absolute Gasteiger partial charge is 0.254 e. The lowest BCUT2D eigenvalue weighted by Gasteiger charge is -2.32. The Morgan fingerprint density at radius 2 is 1.87 bits per heavy atom. The average molecular weight is 312 g/mol. The van der Waals surface area contributed by atoms with Crippen LogP contribution in [0.4, 0.5) is 0 Å². The van der Waals surface area contributed by atoms with Gasteiger partial charge in [0.05, 0.1) is 7.11 Å². The molecule has 122 valence electrons. The van der Waals surface area contributed by atoms with E-state index in [0.29, 0.717) is 5.92 Å². The highest BCUT2D eigenvalue weighted by molar-refractivity contribution is 6.08. The monoisotopic (exact) mass is 312 g/mol. The van der Waals surface area contributed by atoms with Crippen molar-refractivity contribution in [3.63, 3.8) is 0 Å². The summed E-state index contributed by atoms with van der Waals surface area (Å²) >= 11 is 0. The van der Waals surface area contributed by atoms with E-state index in [2.05, 4.69) is 5.32 Å². The third-order valence-corrected chi connectivity index (χ3v) is 4.73. The molecule has 0 atom stereocenters. The molecular formula is C19H24N2O2. The first-order chi connectivity index (χ1) is 11.2. The fourth-order valence-corrected chi connectivity index (χ4v) is 3.44. The number of rotatable bonds is 4. The Balaban J connectivity index is 1.85. The van der Waals surface area contributed by atoms with Gasteiger partial charge < -0.3 is 15.0 Å². The number of hydrogen-bond acceptors (Lipinski definition) is 3. The standard InChI is InChI=1S/C19H24N2O2/c1-20-13-14-9-11-21(12-10-14)19(22)17-7-8-18(23-2)16-6-4-3-5-15(16)17/h3-8,14,20H,9-13H2,1-2H3. The van der Waals surface area contributed by atoms with E-state index in [1.165, 1.54) is 0 Å². The zero-order valence-corrected chi connectivity index (χ0v) is 13.8. The average Bonchev–Trinajstić information content (AvgIpc) is 2.61. The van der Waals surface area contributed by atoms with E-state index in [1.54, 1.807) is 7.11 Å². The van der Waals surface area contributed by atoms with Gasteiger partial charge in [0.1, 0.15) is 5.75 Å². The number of nitrogens with zero attached hydrogens (tertiary/aromatic N) is 1. The molecule has 0 saturated carbocycles. The van der Waals surface area contributed by atoms with E-state index in [0.717, 1.165) is 54.6 Å². The highest BCUT2D eigenvalue weighted by atomic mass is 16.5. The summed E-state index contributed by atoms with van der Waals surface area (Å²) in [6, 6.07) is 11.7. The quantitative estimate of drug-likeness (QED) is 0.944. The number of amides is 1. The Bertz CT molecular complexity index is 691. The van der Waals surface area contributed by atoms with Crippen LogP contribution >= 0.6 is 0 Å². The molecule has 23 heavy (non-hydrogen) atoms. The number of piperidine rings is 1. The van der Waals surface area contributed by atoms with E-state index in [4.69, 9.17) is 4.74 Å². The first kappa shape index (κ1) is 15.8. The maximum absolute atomic E-state index is 12.9. The van der Waals surface area contributed by atoms with Gasteiger partial charge in [-0.15, -0.1) is 0 Å². The van der Waals surface area contributed by atoms with Gasteiger partial charge in [-0.05, 0) is 49.9 Å². The van der Waals surface area contributed by atoms with Crippen molar-refractivity contribution >= 4 is 16.7 Å². The van der Waals surface area contributed by atoms with Gasteiger partial charge in [0.2, 0.25) is 0 Å². The normalized spacial score (nSPS) is 15.8. The van der Waals surface area contributed by atoms with E-state index in [-0.39, 0.29) is 5.91 Å². The van der Waals surface area contributed by atoms with Gasteiger partial charge in [0.25, 0.3) is 5.91 Å². The van der Waals surface area contributed by atoms with Crippen LogP contribution in [0.5, 0.6) is 5.75 Å². The molecule has 0 aromatic heterocycles. The fourth-order valence-electron chi connectivity index (χ4n) is 3.44. The first-order valence-electron chi connectivity index (χ1n) is 8.24. The molecule has 1 N–H and O–H groups in total. The summed E-state index contributed by atoms with van der Waals surface area (Å²) in [5.74, 6) is 1.62. The number of carbonyl (C=O) groups excluding carboxylic acids is 1. The molecular weight excluding hydrogens is 288 g/mol. The second kappa shape index (κ2) is 7.01. The van der Waals surface area contributed by atoms with Crippen LogP contribution in [0.1, 0.15) is 23.2 Å². The number of ether oxygens (including phenoxy) is 1.